The van der Waals surface area contributed by atoms with Gasteiger partial charge in [0.25, 0.3) is 0 Å². The topological polar surface area (TPSA) is 23.1 Å². The Morgan fingerprint density at radius 2 is 1.50 bits per heavy atom. The van der Waals surface area contributed by atoms with E-state index in [1.807, 2.05) is 0 Å². The summed E-state index contributed by atoms with van der Waals surface area (Å²) >= 11 is 7.96. The largest absolute Gasteiger partial charge is 1.00 e. The van der Waals surface area contributed by atoms with Crippen LogP contribution in [-0.2, 0) is 68.8 Å². The molecular formula is HAu2OPS2. The van der Waals surface area contributed by atoms with Crippen molar-refractivity contribution >= 4 is 30.2 Å². The molecule has 0 saturated carbocycles. The monoisotopic (exact) mass is 506 g/mol. The van der Waals surface area contributed by atoms with Gasteiger partial charge in [-0.1, -0.05) is 0 Å². The predicted octanol–water partition coefficient (Wildman–Crippen LogP) is -0.605. The summed E-state index contributed by atoms with van der Waals surface area (Å²) in [7, 11) is 0. The molecular weight excluding hydrogens is 505 g/mol. The van der Waals surface area contributed by atoms with Crippen molar-refractivity contribution in [3.8, 4) is 0 Å². The first-order valence-corrected chi connectivity index (χ1v) is 4.29. The van der Waals surface area contributed by atoms with E-state index >= 15 is 0 Å². The summed E-state index contributed by atoms with van der Waals surface area (Å²) in [5.74, 6) is 0. The zero-order valence-corrected chi connectivity index (χ0v) is 9.29. The van der Waals surface area contributed by atoms with Crippen LogP contribution in [0.5, 0.6) is 0 Å². The summed E-state index contributed by atoms with van der Waals surface area (Å²) in [6.45, 7) is 0. The molecule has 6 heteroatoms. The van der Waals surface area contributed by atoms with E-state index in [1.54, 1.807) is 0 Å². The van der Waals surface area contributed by atoms with E-state index in [0.717, 1.165) is 0 Å². The van der Waals surface area contributed by atoms with E-state index in [2.05, 4.69) is 24.1 Å². The van der Waals surface area contributed by atoms with Crippen molar-refractivity contribution in [1.29, 1.82) is 0 Å². The Bertz CT molecular complexity index is 34.5. The molecule has 0 heterocycles. The Morgan fingerprint density at radius 1 is 1.50 bits per heavy atom. The van der Waals surface area contributed by atoms with Crippen molar-refractivity contribution in [3.05, 3.63) is 0 Å². The van der Waals surface area contributed by atoms with E-state index in [0.29, 0.717) is 0 Å². The minimum Gasteiger partial charge on any atom is -0.841 e. The molecule has 0 saturated heterocycles. The molecule has 0 amide bonds. The third-order valence-electron chi connectivity index (χ3n) is 0. The van der Waals surface area contributed by atoms with Gasteiger partial charge < -0.3 is 17.1 Å². The molecule has 1 nitrogen and oxygen atoms in total. The maximum atomic E-state index is 9.26. The molecule has 0 bridgehead atoms. The second-order valence-electron chi connectivity index (χ2n) is 0.250. The van der Waals surface area contributed by atoms with Gasteiger partial charge in [0.15, 0.2) is 0 Å². The Kier molecular flexibility index (Phi) is 27.4. The van der Waals surface area contributed by atoms with Crippen molar-refractivity contribution in [2.45, 2.75) is 0 Å². The summed E-state index contributed by atoms with van der Waals surface area (Å²) in [4.78, 5) is 9.26. The van der Waals surface area contributed by atoms with Crippen LogP contribution in [0, 0.1) is 0 Å². The molecule has 0 aliphatic carbocycles. The van der Waals surface area contributed by atoms with E-state index in [9.17, 15) is 4.89 Å². The summed E-state index contributed by atoms with van der Waals surface area (Å²) < 4.78 is 0. The van der Waals surface area contributed by atoms with E-state index < -0.39 is 6.13 Å². The van der Waals surface area contributed by atoms with Crippen molar-refractivity contribution in [1.82, 2.24) is 0 Å². The minimum atomic E-state index is -1.96. The summed E-state index contributed by atoms with van der Waals surface area (Å²) in [5.41, 5.74) is 0. The molecule has 1 atom stereocenters. The van der Waals surface area contributed by atoms with Crippen LogP contribution in [0.2, 0.25) is 0 Å². The maximum absolute atomic E-state index is 9.26. The molecule has 0 aromatic heterocycles. The first-order valence-electron chi connectivity index (χ1n) is 0.612. The molecule has 0 N–H and O–H groups in total. The van der Waals surface area contributed by atoms with Crippen molar-refractivity contribution < 1.29 is 49.7 Å². The van der Waals surface area contributed by atoms with Crippen molar-refractivity contribution in [2.24, 2.45) is 0 Å². The van der Waals surface area contributed by atoms with Crippen LogP contribution in [0.25, 0.3) is 0 Å². The summed E-state index contributed by atoms with van der Waals surface area (Å²) in [6, 6.07) is 0. The Labute approximate surface area is 79.0 Å². The first-order chi connectivity index (χ1) is 1.73. The van der Waals surface area contributed by atoms with Crippen molar-refractivity contribution in [2.75, 3.05) is 0 Å². The quantitative estimate of drug-likeness (QED) is 0.249. The number of hydrogen-bond donors (Lipinski definition) is 0. The molecule has 46 valence electrons. The van der Waals surface area contributed by atoms with Gasteiger partial charge in [0.2, 0.25) is 0 Å². The predicted molar refractivity (Wildman–Crippen MR) is 23.0 cm³/mol. The molecule has 1 unspecified atom stereocenters. The Hall–Kier alpha value is 2.44. The average molecular weight is 506 g/mol. The van der Waals surface area contributed by atoms with Crippen LogP contribution in [0.3, 0.4) is 0 Å². The molecule has 0 fully saturated rings. The zero-order valence-electron chi connectivity index (χ0n) is 2.33. The number of hydrogen-bond acceptors (Lipinski definition) is 3. The molecule has 0 rings (SSSR count). The van der Waals surface area contributed by atoms with Gasteiger partial charge in [0.05, 0.1) is 0 Å². The van der Waals surface area contributed by atoms with Crippen LogP contribution in [0.15, 0.2) is 0 Å². The molecule has 0 radical (unpaired) electrons. The van der Waals surface area contributed by atoms with Gasteiger partial charge in [-0.2, -0.15) is 0 Å². The van der Waals surface area contributed by atoms with Gasteiger partial charge in [-0.05, 0) is 0 Å². The molecule has 0 aromatic carbocycles. The van der Waals surface area contributed by atoms with E-state index in [1.165, 1.54) is 0 Å². The second kappa shape index (κ2) is 10.4. The maximum Gasteiger partial charge on any atom is 1.00 e. The fourth-order valence-corrected chi connectivity index (χ4v) is 0. The smallest absolute Gasteiger partial charge is 0.841 e. The first kappa shape index (κ1) is 15.8. The van der Waals surface area contributed by atoms with Gasteiger partial charge in [-0.15, -0.1) is 11.8 Å². The summed E-state index contributed by atoms with van der Waals surface area (Å²) in [6.07, 6.45) is -1.96. The van der Waals surface area contributed by atoms with E-state index in [4.69, 9.17) is 0 Å². The van der Waals surface area contributed by atoms with Gasteiger partial charge in [-0.3, -0.25) is 6.13 Å². The SMILES string of the molecule is [Au+].[Au+].[O-][PH](=S)[S-]. The Morgan fingerprint density at radius 3 is 1.50 bits per heavy atom. The molecule has 0 aromatic rings. The van der Waals surface area contributed by atoms with Gasteiger partial charge in [-0.25, -0.2) is 0 Å². The van der Waals surface area contributed by atoms with Gasteiger partial charge >= 0.3 is 44.8 Å². The molecule has 0 aliphatic heterocycles. The normalized spacial score (nSPS) is 10.3. The standard InChI is InChI=1S/2Au.H3OPS2/c;;1-2(3)4/h;;2H,(H2,1,3,4)/q2*+1;/p-2. The molecule has 0 aliphatic rings. The van der Waals surface area contributed by atoms with Crippen LogP contribution < -0.4 is 4.89 Å². The molecule has 6 heavy (non-hydrogen) atoms. The van der Waals surface area contributed by atoms with Gasteiger partial charge in [0.1, 0.15) is 0 Å². The zero-order chi connectivity index (χ0) is 3.58. The van der Waals surface area contributed by atoms with Crippen LogP contribution in [0.1, 0.15) is 0 Å². The van der Waals surface area contributed by atoms with Crippen molar-refractivity contribution in [3.63, 3.8) is 0 Å². The molecule has 0 spiro atoms. The van der Waals surface area contributed by atoms with Crippen LogP contribution in [-0.4, -0.2) is 0 Å². The fourth-order valence-electron chi connectivity index (χ4n) is 0. The Balaban J connectivity index is -0.0000000450. The fraction of sp³-hybridized carbons (Fsp3) is 0. The minimum absolute atomic E-state index is 0. The van der Waals surface area contributed by atoms with Gasteiger partial charge in [0, 0.05) is 0 Å². The van der Waals surface area contributed by atoms with Crippen LogP contribution >= 0.6 is 6.13 Å². The van der Waals surface area contributed by atoms with Crippen LogP contribution in [0.4, 0.5) is 0 Å². The second-order valence-corrected chi connectivity index (χ2v) is 3.75. The van der Waals surface area contributed by atoms with E-state index in [-0.39, 0.29) is 44.8 Å². The number of rotatable bonds is 0. The summed E-state index contributed by atoms with van der Waals surface area (Å²) in [5, 5.41) is 0. The average Bonchev–Trinajstić information content (AvgIpc) is 0.811. The third kappa shape index (κ3) is 32.0. The third-order valence-corrected chi connectivity index (χ3v) is 0.